The first-order valence-electron chi connectivity index (χ1n) is 9.38. The monoisotopic (exact) mass is 358 g/mol. The zero-order valence-corrected chi connectivity index (χ0v) is 15.6. The Hall–Kier alpha value is -1.49. The Morgan fingerprint density at radius 1 is 1.20 bits per heavy atom. The highest BCUT2D eigenvalue weighted by molar-refractivity contribution is 8.01. The van der Waals surface area contributed by atoms with E-state index in [1.54, 1.807) is 11.8 Å². The molecule has 2 saturated heterocycles. The minimum absolute atomic E-state index is 0.0506. The molecular weight excluding hydrogens is 332 g/mol. The third-order valence-electron chi connectivity index (χ3n) is 6.09. The molecule has 134 valence electrons. The lowest BCUT2D eigenvalue weighted by atomic mass is 9.82. The SMILES string of the molecule is CC12CCC(=O)N1C(C(=O)NC1CCC(c3ccccc3)CC1)CS2. The van der Waals surface area contributed by atoms with E-state index >= 15 is 0 Å². The van der Waals surface area contributed by atoms with Crippen LogP contribution in [-0.4, -0.2) is 39.4 Å². The number of nitrogens with zero attached hydrogens (tertiary/aromatic N) is 1. The number of carbonyl (C=O) groups is 2. The first-order valence-corrected chi connectivity index (χ1v) is 10.4. The molecule has 3 aliphatic rings. The highest BCUT2D eigenvalue weighted by Crippen LogP contribution is 2.47. The summed E-state index contributed by atoms with van der Waals surface area (Å²) >= 11 is 1.76. The van der Waals surface area contributed by atoms with Crippen molar-refractivity contribution in [1.82, 2.24) is 10.2 Å². The molecule has 1 aromatic rings. The number of thioether (sulfide) groups is 1. The third kappa shape index (κ3) is 3.19. The van der Waals surface area contributed by atoms with Gasteiger partial charge in [-0.25, -0.2) is 0 Å². The fourth-order valence-corrected chi connectivity index (χ4v) is 6.04. The Kier molecular flexibility index (Phi) is 4.52. The molecule has 2 aliphatic heterocycles. The van der Waals surface area contributed by atoms with Crippen LogP contribution < -0.4 is 5.32 Å². The zero-order valence-electron chi connectivity index (χ0n) is 14.7. The van der Waals surface area contributed by atoms with Gasteiger partial charge in [-0.2, -0.15) is 0 Å². The lowest BCUT2D eigenvalue weighted by molar-refractivity contribution is -0.138. The van der Waals surface area contributed by atoms with E-state index in [4.69, 9.17) is 0 Å². The maximum absolute atomic E-state index is 12.8. The van der Waals surface area contributed by atoms with Crippen molar-refractivity contribution in [2.24, 2.45) is 0 Å². The summed E-state index contributed by atoms with van der Waals surface area (Å²) in [7, 11) is 0. The topological polar surface area (TPSA) is 49.4 Å². The second-order valence-electron chi connectivity index (χ2n) is 7.73. The van der Waals surface area contributed by atoms with E-state index in [-0.39, 0.29) is 28.8 Å². The fourth-order valence-electron chi connectivity index (χ4n) is 4.61. The quantitative estimate of drug-likeness (QED) is 0.902. The molecule has 4 nitrogen and oxygen atoms in total. The number of amides is 2. The number of rotatable bonds is 3. The van der Waals surface area contributed by atoms with Crippen LogP contribution in [0.5, 0.6) is 0 Å². The Balaban J connectivity index is 1.33. The first kappa shape index (κ1) is 17.0. The summed E-state index contributed by atoms with van der Waals surface area (Å²) in [6.07, 6.45) is 5.73. The number of nitrogens with one attached hydrogen (secondary N) is 1. The highest BCUT2D eigenvalue weighted by Gasteiger charge is 2.53. The van der Waals surface area contributed by atoms with Crippen LogP contribution >= 0.6 is 11.8 Å². The standard InChI is InChI=1S/C20H26N2O2S/c1-20-12-11-18(23)22(20)17(13-25-20)19(24)21-16-9-7-15(8-10-16)14-5-3-2-4-6-14/h2-6,15-17H,7-13H2,1H3,(H,21,24). The highest BCUT2D eigenvalue weighted by atomic mass is 32.2. The fraction of sp³-hybridized carbons (Fsp3) is 0.600. The molecule has 2 atom stereocenters. The predicted molar refractivity (Wildman–Crippen MR) is 100 cm³/mol. The van der Waals surface area contributed by atoms with Gasteiger partial charge in [0.25, 0.3) is 0 Å². The average Bonchev–Trinajstić information content (AvgIpc) is 3.13. The van der Waals surface area contributed by atoms with Gasteiger partial charge in [0.1, 0.15) is 6.04 Å². The van der Waals surface area contributed by atoms with Crippen molar-refractivity contribution in [2.45, 2.75) is 68.3 Å². The van der Waals surface area contributed by atoms with Crippen molar-refractivity contribution < 1.29 is 9.59 Å². The van der Waals surface area contributed by atoms with E-state index in [1.807, 2.05) is 4.90 Å². The van der Waals surface area contributed by atoms with Crippen molar-refractivity contribution >= 4 is 23.6 Å². The minimum atomic E-state index is -0.281. The van der Waals surface area contributed by atoms with Gasteiger partial charge in [0, 0.05) is 18.2 Å². The van der Waals surface area contributed by atoms with Crippen LogP contribution in [0.4, 0.5) is 0 Å². The second-order valence-corrected chi connectivity index (χ2v) is 9.23. The number of hydrogen-bond donors (Lipinski definition) is 1. The molecule has 2 amide bonds. The Morgan fingerprint density at radius 3 is 2.64 bits per heavy atom. The summed E-state index contributed by atoms with van der Waals surface area (Å²) in [4.78, 5) is 26.7. The third-order valence-corrected chi connectivity index (χ3v) is 7.60. The van der Waals surface area contributed by atoms with E-state index < -0.39 is 0 Å². The molecule has 1 aliphatic carbocycles. The smallest absolute Gasteiger partial charge is 0.243 e. The molecule has 3 fully saturated rings. The van der Waals surface area contributed by atoms with Gasteiger partial charge in [-0.1, -0.05) is 30.3 Å². The number of benzene rings is 1. The van der Waals surface area contributed by atoms with Gasteiger partial charge in [-0.05, 0) is 50.5 Å². The molecule has 25 heavy (non-hydrogen) atoms. The maximum atomic E-state index is 12.8. The number of fused-ring (bicyclic) bond motifs is 1. The molecule has 2 unspecified atom stereocenters. The van der Waals surface area contributed by atoms with Crippen molar-refractivity contribution in [3.63, 3.8) is 0 Å². The van der Waals surface area contributed by atoms with Gasteiger partial charge >= 0.3 is 0 Å². The molecule has 1 saturated carbocycles. The van der Waals surface area contributed by atoms with Crippen LogP contribution in [-0.2, 0) is 9.59 Å². The lowest BCUT2D eigenvalue weighted by Crippen LogP contribution is -2.52. The number of carbonyl (C=O) groups excluding carboxylic acids is 2. The van der Waals surface area contributed by atoms with Crippen molar-refractivity contribution in [1.29, 1.82) is 0 Å². The van der Waals surface area contributed by atoms with Gasteiger partial charge in [-0.15, -0.1) is 11.8 Å². The maximum Gasteiger partial charge on any atom is 0.243 e. The normalized spacial score (nSPS) is 34.8. The van der Waals surface area contributed by atoms with Gasteiger partial charge in [-0.3, -0.25) is 9.59 Å². The zero-order chi connectivity index (χ0) is 17.4. The summed E-state index contributed by atoms with van der Waals surface area (Å²) in [6.45, 7) is 2.10. The second kappa shape index (κ2) is 6.67. The van der Waals surface area contributed by atoms with Crippen LogP contribution in [0.2, 0.25) is 0 Å². The molecule has 0 bridgehead atoms. The van der Waals surface area contributed by atoms with E-state index in [0.717, 1.165) is 37.9 Å². The predicted octanol–water partition coefficient (Wildman–Crippen LogP) is 3.28. The Bertz CT molecular complexity index is 657. The van der Waals surface area contributed by atoms with E-state index in [9.17, 15) is 9.59 Å². The van der Waals surface area contributed by atoms with Crippen LogP contribution in [0.1, 0.15) is 56.9 Å². The van der Waals surface area contributed by atoms with Gasteiger partial charge < -0.3 is 10.2 Å². The van der Waals surface area contributed by atoms with Gasteiger partial charge in [0.2, 0.25) is 11.8 Å². The molecule has 2 heterocycles. The van der Waals surface area contributed by atoms with Crippen molar-refractivity contribution in [3.8, 4) is 0 Å². The average molecular weight is 359 g/mol. The van der Waals surface area contributed by atoms with E-state index in [2.05, 4.69) is 42.6 Å². The van der Waals surface area contributed by atoms with Crippen LogP contribution in [0.3, 0.4) is 0 Å². The molecule has 0 radical (unpaired) electrons. The molecule has 0 aromatic heterocycles. The van der Waals surface area contributed by atoms with Crippen LogP contribution in [0.25, 0.3) is 0 Å². The molecule has 5 heteroatoms. The molecule has 1 N–H and O–H groups in total. The summed E-state index contributed by atoms with van der Waals surface area (Å²) in [5.41, 5.74) is 1.41. The van der Waals surface area contributed by atoms with Crippen LogP contribution in [0.15, 0.2) is 30.3 Å². The molecule has 4 rings (SSSR count). The number of hydrogen-bond acceptors (Lipinski definition) is 3. The first-order chi connectivity index (χ1) is 12.1. The van der Waals surface area contributed by atoms with Crippen molar-refractivity contribution in [3.05, 3.63) is 35.9 Å². The largest absolute Gasteiger partial charge is 0.352 e. The minimum Gasteiger partial charge on any atom is -0.352 e. The van der Waals surface area contributed by atoms with Gasteiger partial charge in [0.15, 0.2) is 0 Å². The lowest BCUT2D eigenvalue weighted by Gasteiger charge is -2.33. The van der Waals surface area contributed by atoms with Crippen LogP contribution in [0, 0.1) is 0 Å². The Labute approximate surface area is 153 Å². The summed E-state index contributed by atoms with van der Waals surface area (Å²) < 4.78 is 0. The van der Waals surface area contributed by atoms with E-state index in [1.165, 1.54) is 5.56 Å². The summed E-state index contributed by atoms with van der Waals surface area (Å²) in [6, 6.07) is 10.6. The van der Waals surface area contributed by atoms with E-state index in [0.29, 0.717) is 12.3 Å². The molecule has 1 aromatic carbocycles. The van der Waals surface area contributed by atoms with Gasteiger partial charge in [0.05, 0.1) is 4.87 Å². The summed E-state index contributed by atoms with van der Waals surface area (Å²) in [5.74, 6) is 1.53. The molecule has 0 spiro atoms. The summed E-state index contributed by atoms with van der Waals surface area (Å²) in [5, 5.41) is 3.24. The van der Waals surface area contributed by atoms with Crippen molar-refractivity contribution in [2.75, 3.05) is 5.75 Å². The Morgan fingerprint density at radius 2 is 1.92 bits per heavy atom. The molecular formula is C20H26N2O2S.